The monoisotopic (exact) mass is 378 g/mol. The number of aryl methyl sites for hydroxylation is 1. The first-order valence-electron chi connectivity index (χ1n) is 6.63. The number of halogens is 5. The third kappa shape index (κ3) is 4.30. The Balaban J connectivity index is 0.00000144. The van der Waals surface area contributed by atoms with Crippen LogP contribution in [0.4, 0.5) is 13.2 Å². The van der Waals surface area contributed by atoms with Crippen LogP contribution in [-0.2, 0) is 12.7 Å². The third-order valence-corrected chi connectivity index (χ3v) is 3.37. The molecule has 0 spiro atoms. The van der Waals surface area contributed by atoms with E-state index in [1.807, 2.05) is 17.7 Å². The molecule has 0 saturated carbocycles. The molecule has 0 aliphatic rings. The summed E-state index contributed by atoms with van der Waals surface area (Å²) in [5.41, 5.74) is 0.335. The average molecular weight is 379 g/mol. The van der Waals surface area contributed by atoms with Crippen LogP contribution in [0.1, 0.15) is 17.2 Å². The highest BCUT2D eigenvalue weighted by Crippen LogP contribution is 2.31. The second kappa shape index (κ2) is 7.72. The number of H-pyrrole nitrogens is 1. The summed E-state index contributed by atoms with van der Waals surface area (Å²) in [4.78, 5) is 11.4. The van der Waals surface area contributed by atoms with Crippen LogP contribution in [0, 0.1) is 6.92 Å². The zero-order valence-electron chi connectivity index (χ0n) is 12.5. The minimum Gasteiger partial charge on any atom is -0.340 e. The summed E-state index contributed by atoms with van der Waals surface area (Å²) in [7, 11) is 0. The molecule has 0 saturated heterocycles. The van der Waals surface area contributed by atoms with Crippen molar-refractivity contribution < 1.29 is 13.2 Å². The Morgan fingerprint density at radius 2 is 1.92 bits per heavy atom. The molecule has 3 aromatic rings. The Labute approximate surface area is 149 Å². The lowest BCUT2D eigenvalue weighted by atomic mass is 10.1. The number of rotatable bonds is 3. The summed E-state index contributed by atoms with van der Waals surface area (Å²) in [5, 5.41) is 0. The van der Waals surface area contributed by atoms with E-state index in [1.54, 1.807) is 12.3 Å². The largest absolute Gasteiger partial charge is 0.416 e. The van der Waals surface area contributed by atoms with Crippen LogP contribution in [0.2, 0.25) is 0 Å². The molecule has 3 rings (SSSR count). The minimum absolute atomic E-state index is 0. The molecule has 0 aliphatic carbocycles. The zero-order chi connectivity index (χ0) is 15.7. The highest BCUT2D eigenvalue weighted by Gasteiger charge is 2.30. The predicted octanol–water partition coefficient (Wildman–Crippen LogP) is 4.49. The van der Waals surface area contributed by atoms with Crippen LogP contribution in [0.3, 0.4) is 0 Å². The van der Waals surface area contributed by atoms with Gasteiger partial charge in [0.25, 0.3) is 0 Å². The maximum Gasteiger partial charge on any atom is 0.416 e. The van der Waals surface area contributed by atoms with Crippen LogP contribution in [0.25, 0.3) is 11.3 Å². The average Bonchev–Trinajstić information content (AvgIpc) is 3.09. The maximum atomic E-state index is 12.7. The molecular weight excluding hydrogens is 364 g/mol. The van der Waals surface area contributed by atoms with Crippen molar-refractivity contribution in [2.24, 2.45) is 0 Å². The van der Waals surface area contributed by atoms with Gasteiger partial charge in [0.05, 0.1) is 24.0 Å². The predicted molar refractivity (Wildman–Crippen MR) is 89.6 cm³/mol. The van der Waals surface area contributed by atoms with E-state index >= 15 is 0 Å². The summed E-state index contributed by atoms with van der Waals surface area (Å²) in [6.07, 6.45) is 0.692. The van der Waals surface area contributed by atoms with Crippen molar-refractivity contribution in [3.05, 3.63) is 60.1 Å². The zero-order valence-corrected chi connectivity index (χ0v) is 14.2. The van der Waals surface area contributed by atoms with Gasteiger partial charge < -0.3 is 9.55 Å². The van der Waals surface area contributed by atoms with Gasteiger partial charge in [0.2, 0.25) is 0 Å². The van der Waals surface area contributed by atoms with Crippen LogP contribution < -0.4 is 0 Å². The van der Waals surface area contributed by atoms with E-state index in [1.165, 1.54) is 12.3 Å². The van der Waals surface area contributed by atoms with Gasteiger partial charge in [0.15, 0.2) is 0 Å². The normalized spacial score (nSPS) is 10.8. The SMILES string of the molecule is Cc1nccn1Cc1ncc(-c2cccc(C(F)(F)F)c2)[nH]1.Cl.Cl. The Kier molecular flexibility index (Phi) is 6.45. The number of aromatic nitrogens is 4. The van der Waals surface area contributed by atoms with Crippen molar-refractivity contribution in [2.75, 3.05) is 0 Å². The number of hydrogen-bond acceptors (Lipinski definition) is 2. The Bertz CT molecular complexity index is 796. The second-order valence-corrected chi connectivity index (χ2v) is 4.92. The molecule has 0 aliphatic heterocycles. The van der Waals surface area contributed by atoms with E-state index in [9.17, 15) is 13.2 Å². The third-order valence-electron chi connectivity index (χ3n) is 3.37. The number of alkyl halides is 3. The van der Waals surface area contributed by atoms with Gasteiger partial charge in [-0.2, -0.15) is 13.2 Å². The van der Waals surface area contributed by atoms with Gasteiger partial charge >= 0.3 is 6.18 Å². The second-order valence-electron chi connectivity index (χ2n) is 4.92. The molecule has 0 bridgehead atoms. The van der Waals surface area contributed by atoms with Crippen LogP contribution in [0.15, 0.2) is 42.9 Å². The summed E-state index contributed by atoms with van der Waals surface area (Å²) in [5.74, 6) is 1.51. The molecule has 4 nitrogen and oxygen atoms in total. The molecule has 0 atom stereocenters. The van der Waals surface area contributed by atoms with Gasteiger partial charge in [-0.25, -0.2) is 9.97 Å². The fraction of sp³-hybridized carbons (Fsp3) is 0.200. The fourth-order valence-electron chi connectivity index (χ4n) is 2.18. The molecular formula is C15H15Cl2F3N4. The summed E-state index contributed by atoms with van der Waals surface area (Å²) < 4.78 is 40.1. The summed E-state index contributed by atoms with van der Waals surface area (Å²) in [6, 6.07) is 5.17. The Hall–Kier alpha value is -1.99. The van der Waals surface area contributed by atoms with Gasteiger partial charge in [-0.05, 0) is 19.1 Å². The number of nitrogens with one attached hydrogen (secondary N) is 1. The number of aromatic amines is 1. The molecule has 1 aromatic carbocycles. The van der Waals surface area contributed by atoms with E-state index in [4.69, 9.17) is 0 Å². The van der Waals surface area contributed by atoms with Crippen molar-refractivity contribution in [3.8, 4) is 11.3 Å². The van der Waals surface area contributed by atoms with E-state index in [0.717, 1.165) is 18.0 Å². The number of benzene rings is 1. The van der Waals surface area contributed by atoms with Gasteiger partial charge in [0, 0.05) is 18.0 Å². The van der Waals surface area contributed by atoms with Crippen molar-refractivity contribution in [1.29, 1.82) is 0 Å². The van der Waals surface area contributed by atoms with Gasteiger partial charge in [-0.15, -0.1) is 24.8 Å². The highest BCUT2D eigenvalue weighted by molar-refractivity contribution is 5.85. The molecule has 1 N–H and O–H groups in total. The van der Waals surface area contributed by atoms with Crippen molar-refractivity contribution in [1.82, 2.24) is 19.5 Å². The molecule has 0 unspecified atom stereocenters. The Morgan fingerprint density at radius 3 is 2.54 bits per heavy atom. The summed E-state index contributed by atoms with van der Waals surface area (Å²) in [6.45, 7) is 2.36. The van der Waals surface area contributed by atoms with Crippen molar-refractivity contribution >= 4 is 24.8 Å². The first-order valence-corrected chi connectivity index (χ1v) is 6.63. The molecule has 2 heterocycles. The molecule has 130 valence electrons. The lowest BCUT2D eigenvalue weighted by Gasteiger charge is -2.07. The topological polar surface area (TPSA) is 46.5 Å². The number of imidazole rings is 2. The molecule has 24 heavy (non-hydrogen) atoms. The van der Waals surface area contributed by atoms with Crippen molar-refractivity contribution in [2.45, 2.75) is 19.6 Å². The number of nitrogens with zero attached hydrogens (tertiary/aromatic N) is 3. The first-order chi connectivity index (χ1) is 10.4. The van der Waals surface area contributed by atoms with Gasteiger partial charge in [-0.3, -0.25) is 0 Å². The molecule has 0 radical (unpaired) electrons. The standard InChI is InChI=1S/C15H13F3N4.2ClH/c1-10-19-5-6-22(10)9-14-20-8-13(21-14)11-3-2-4-12(7-11)15(16,17)18;;/h2-8H,9H2,1H3,(H,20,21);2*1H. The lowest BCUT2D eigenvalue weighted by molar-refractivity contribution is -0.137. The Morgan fingerprint density at radius 1 is 1.17 bits per heavy atom. The smallest absolute Gasteiger partial charge is 0.340 e. The summed E-state index contributed by atoms with van der Waals surface area (Å²) >= 11 is 0. The molecule has 0 amide bonds. The van der Waals surface area contributed by atoms with Crippen LogP contribution >= 0.6 is 24.8 Å². The first kappa shape index (κ1) is 20.1. The van der Waals surface area contributed by atoms with Crippen molar-refractivity contribution in [3.63, 3.8) is 0 Å². The van der Waals surface area contributed by atoms with E-state index < -0.39 is 11.7 Å². The van der Waals surface area contributed by atoms with Gasteiger partial charge in [-0.1, -0.05) is 12.1 Å². The fourth-order valence-corrected chi connectivity index (χ4v) is 2.18. The van der Waals surface area contributed by atoms with E-state index in [0.29, 0.717) is 23.6 Å². The van der Waals surface area contributed by atoms with Crippen LogP contribution in [0.5, 0.6) is 0 Å². The lowest BCUT2D eigenvalue weighted by Crippen LogP contribution is -2.04. The van der Waals surface area contributed by atoms with E-state index in [2.05, 4.69) is 15.0 Å². The van der Waals surface area contributed by atoms with Gasteiger partial charge in [0.1, 0.15) is 11.6 Å². The van der Waals surface area contributed by atoms with Crippen LogP contribution in [-0.4, -0.2) is 19.5 Å². The highest BCUT2D eigenvalue weighted by atomic mass is 35.5. The molecule has 0 fully saturated rings. The number of hydrogen-bond donors (Lipinski definition) is 1. The van der Waals surface area contributed by atoms with E-state index in [-0.39, 0.29) is 24.8 Å². The maximum absolute atomic E-state index is 12.7. The molecule has 2 aromatic heterocycles. The minimum atomic E-state index is -4.35. The quantitative estimate of drug-likeness (QED) is 0.729. The molecule has 9 heteroatoms.